The van der Waals surface area contributed by atoms with Gasteiger partial charge >= 0.3 is 5.97 Å². The molecule has 20 heavy (non-hydrogen) atoms. The molecule has 1 rings (SSSR count). The van der Waals surface area contributed by atoms with E-state index in [-0.39, 0.29) is 5.97 Å². The van der Waals surface area contributed by atoms with Crippen LogP contribution in [0.25, 0.3) is 0 Å². The van der Waals surface area contributed by atoms with Crippen molar-refractivity contribution in [1.82, 2.24) is 0 Å². The molecule has 0 N–H and O–H groups in total. The summed E-state index contributed by atoms with van der Waals surface area (Å²) in [5, 5.41) is 0. The van der Waals surface area contributed by atoms with Gasteiger partial charge in [0.25, 0.3) is 0 Å². The molecule has 2 heteroatoms. The lowest BCUT2D eigenvalue weighted by atomic mass is 10.1. The largest absolute Gasteiger partial charge is 0.466 e. The van der Waals surface area contributed by atoms with Crippen LogP contribution in [0.4, 0.5) is 0 Å². The Kier molecular flexibility index (Phi) is 10.7. The van der Waals surface area contributed by atoms with Crippen molar-refractivity contribution in [2.45, 2.75) is 96.8 Å². The number of unbranched alkanes of at least 4 members (excludes halogenated alkanes) is 9. The van der Waals surface area contributed by atoms with Crippen LogP contribution in [-0.4, -0.2) is 12.6 Å². The smallest absolute Gasteiger partial charge is 0.305 e. The average Bonchev–Trinajstić information content (AvgIpc) is 3.27. The lowest BCUT2D eigenvalue weighted by molar-refractivity contribution is -0.144. The Labute approximate surface area is 125 Å². The highest BCUT2D eigenvalue weighted by atomic mass is 16.5. The molecule has 0 spiro atoms. The molecular weight excluding hydrogens is 248 g/mol. The van der Waals surface area contributed by atoms with Crippen molar-refractivity contribution in [2.75, 3.05) is 6.61 Å². The second-order valence-corrected chi connectivity index (χ2v) is 6.38. The maximum absolute atomic E-state index is 11.4. The number of esters is 1. The third kappa shape index (κ3) is 11.3. The Hall–Kier alpha value is -0.530. The predicted molar refractivity (Wildman–Crippen MR) is 84.8 cm³/mol. The van der Waals surface area contributed by atoms with Crippen LogP contribution in [0.15, 0.2) is 0 Å². The van der Waals surface area contributed by atoms with Gasteiger partial charge in [-0.15, -0.1) is 0 Å². The molecule has 0 aromatic heterocycles. The average molecular weight is 282 g/mol. The Morgan fingerprint density at radius 3 is 2.00 bits per heavy atom. The molecule has 0 radical (unpaired) electrons. The van der Waals surface area contributed by atoms with E-state index in [1.807, 2.05) is 0 Å². The molecule has 0 aromatic rings. The Bertz CT molecular complexity index is 234. The zero-order valence-corrected chi connectivity index (χ0v) is 13.5. The van der Waals surface area contributed by atoms with Crippen molar-refractivity contribution in [3.05, 3.63) is 0 Å². The van der Waals surface area contributed by atoms with Gasteiger partial charge in [0.1, 0.15) is 0 Å². The molecule has 0 atom stereocenters. The van der Waals surface area contributed by atoms with Crippen molar-refractivity contribution in [3.63, 3.8) is 0 Å². The van der Waals surface area contributed by atoms with Crippen LogP contribution in [0.2, 0.25) is 0 Å². The molecule has 1 saturated carbocycles. The molecule has 0 bridgehead atoms. The quantitative estimate of drug-likeness (QED) is 0.304. The van der Waals surface area contributed by atoms with Gasteiger partial charge in [0.2, 0.25) is 0 Å². The lowest BCUT2D eigenvalue weighted by Gasteiger charge is -2.05. The van der Waals surface area contributed by atoms with Crippen LogP contribution in [0.1, 0.15) is 96.8 Å². The first-order chi connectivity index (χ1) is 9.83. The normalized spacial score (nSPS) is 14.4. The predicted octanol–water partition coefficient (Wildman–Crippen LogP) is 5.64. The highest BCUT2D eigenvalue weighted by Crippen LogP contribution is 2.33. The van der Waals surface area contributed by atoms with Gasteiger partial charge in [-0.05, 0) is 18.8 Å². The molecule has 1 fully saturated rings. The van der Waals surface area contributed by atoms with E-state index in [1.165, 1.54) is 70.6 Å². The highest BCUT2D eigenvalue weighted by Gasteiger charge is 2.22. The molecular formula is C18H34O2. The number of rotatable bonds is 14. The summed E-state index contributed by atoms with van der Waals surface area (Å²) in [7, 11) is 0. The minimum absolute atomic E-state index is 0.0211. The Morgan fingerprint density at radius 1 is 0.900 bits per heavy atom. The molecule has 0 amide bonds. The summed E-state index contributed by atoms with van der Waals surface area (Å²) in [5.74, 6) is 0.854. The first-order valence-corrected chi connectivity index (χ1v) is 8.98. The molecule has 2 nitrogen and oxygen atoms in total. The van der Waals surface area contributed by atoms with E-state index >= 15 is 0 Å². The van der Waals surface area contributed by atoms with Crippen molar-refractivity contribution in [2.24, 2.45) is 5.92 Å². The van der Waals surface area contributed by atoms with Crippen LogP contribution in [0, 0.1) is 5.92 Å². The zero-order valence-electron chi connectivity index (χ0n) is 13.5. The fraction of sp³-hybridized carbons (Fsp3) is 0.944. The van der Waals surface area contributed by atoms with Gasteiger partial charge in [0.15, 0.2) is 0 Å². The van der Waals surface area contributed by atoms with E-state index in [1.54, 1.807) is 0 Å². The van der Waals surface area contributed by atoms with Gasteiger partial charge in [-0.3, -0.25) is 4.79 Å². The number of carbonyl (C=O) groups excluding carboxylic acids is 1. The topological polar surface area (TPSA) is 26.3 Å². The zero-order chi connectivity index (χ0) is 14.5. The maximum Gasteiger partial charge on any atom is 0.305 e. The summed E-state index contributed by atoms with van der Waals surface area (Å²) in [6.45, 7) is 2.90. The van der Waals surface area contributed by atoms with Crippen LogP contribution >= 0.6 is 0 Å². The molecule has 0 aromatic carbocycles. The SMILES string of the molecule is CCCCCCCCCCCCOC(=O)CCC1CC1. The highest BCUT2D eigenvalue weighted by molar-refractivity contribution is 5.69. The van der Waals surface area contributed by atoms with E-state index in [0.29, 0.717) is 13.0 Å². The number of carbonyl (C=O) groups is 1. The third-order valence-corrected chi connectivity index (χ3v) is 4.21. The molecule has 0 aliphatic heterocycles. The van der Waals surface area contributed by atoms with Gasteiger partial charge in [0, 0.05) is 6.42 Å². The van der Waals surface area contributed by atoms with Gasteiger partial charge < -0.3 is 4.74 Å². The van der Waals surface area contributed by atoms with E-state index < -0.39 is 0 Å². The Morgan fingerprint density at radius 2 is 1.45 bits per heavy atom. The summed E-state index contributed by atoms with van der Waals surface area (Å²) in [6.07, 6.45) is 17.6. The minimum atomic E-state index is 0.0211. The van der Waals surface area contributed by atoms with Crippen LogP contribution in [0.3, 0.4) is 0 Å². The van der Waals surface area contributed by atoms with Crippen molar-refractivity contribution < 1.29 is 9.53 Å². The van der Waals surface area contributed by atoms with Crippen molar-refractivity contribution >= 4 is 5.97 Å². The molecule has 1 aliphatic carbocycles. The Balaban J connectivity index is 1.70. The van der Waals surface area contributed by atoms with Crippen LogP contribution < -0.4 is 0 Å². The molecule has 118 valence electrons. The molecule has 0 saturated heterocycles. The monoisotopic (exact) mass is 282 g/mol. The number of hydrogen-bond donors (Lipinski definition) is 0. The summed E-state index contributed by atoms with van der Waals surface area (Å²) in [4.78, 5) is 11.4. The summed E-state index contributed by atoms with van der Waals surface area (Å²) >= 11 is 0. The third-order valence-electron chi connectivity index (χ3n) is 4.21. The standard InChI is InChI=1S/C18H34O2/c1-2-3-4-5-6-7-8-9-10-11-16-20-18(19)15-14-17-12-13-17/h17H,2-16H2,1H3. The maximum atomic E-state index is 11.4. The van der Waals surface area contributed by atoms with Gasteiger partial charge in [-0.25, -0.2) is 0 Å². The van der Waals surface area contributed by atoms with Crippen LogP contribution in [0.5, 0.6) is 0 Å². The van der Waals surface area contributed by atoms with E-state index in [4.69, 9.17) is 4.74 Å². The molecule has 0 heterocycles. The number of ether oxygens (including phenoxy) is 1. The summed E-state index contributed by atoms with van der Waals surface area (Å²) in [6, 6.07) is 0. The summed E-state index contributed by atoms with van der Waals surface area (Å²) in [5.41, 5.74) is 0. The lowest BCUT2D eigenvalue weighted by Crippen LogP contribution is -2.05. The second kappa shape index (κ2) is 12.2. The minimum Gasteiger partial charge on any atom is -0.466 e. The van der Waals surface area contributed by atoms with Gasteiger partial charge in [-0.1, -0.05) is 77.6 Å². The van der Waals surface area contributed by atoms with E-state index in [9.17, 15) is 4.79 Å². The van der Waals surface area contributed by atoms with Crippen molar-refractivity contribution in [3.8, 4) is 0 Å². The first-order valence-electron chi connectivity index (χ1n) is 8.98. The number of hydrogen-bond acceptors (Lipinski definition) is 2. The second-order valence-electron chi connectivity index (χ2n) is 6.38. The fourth-order valence-corrected chi connectivity index (χ4v) is 2.58. The summed E-state index contributed by atoms with van der Waals surface area (Å²) < 4.78 is 5.25. The van der Waals surface area contributed by atoms with Gasteiger partial charge in [0.05, 0.1) is 6.61 Å². The van der Waals surface area contributed by atoms with E-state index in [2.05, 4.69) is 6.92 Å². The fourth-order valence-electron chi connectivity index (χ4n) is 2.58. The van der Waals surface area contributed by atoms with Crippen LogP contribution in [-0.2, 0) is 9.53 Å². The van der Waals surface area contributed by atoms with Crippen molar-refractivity contribution in [1.29, 1.82) is 0 Å². The molecule has 1 aliphatic rings. The van der Waals surface area contributed by atoms with E-state index in [0.717, 1.165) is 18.8 Å². The van der Waals surface area contributed by atoms with Gasteiger partial charge in [-0.2, -0.15) is 0 Å². The molecule has 0 unspecified atom stereocenters. The first kappa shape index (κ1) is 17.5.